The third kappa shape index (κ3) is 3.59. The Balaban J connectivity index is 1.93. The van der Waals surface area contributed by atoms with Crippen LogP contribution < -0.4 is 4.90 Å². The van der Waals surface area contributed by atoms with E-state index in [4.69, 9.17) is 23.2 Å². The first-order valence-electron chi connectivity index (χ1n) is 9.20. The Morgan fingerprint density at radius 2 is 1.64 bits per heavy atom. The van der Waals surface area contributed by atoms with Crippen LogP contribution in [0.4, 0.5) is 5.69 Å². The topological polar surface area (TPSA) is 50.3 Å². The molecule has 1 fully saturated rings. The molecular formula is C21H20Cl2N2O2S. The van der Waals surface area contributed by atoms with Crippen molar-refractivity contribution >= 4 is 49.6 Å². The lowest BCUT2D eigenvalue weighted by Gasteiger charge is -2.34. The highest BCUT2D eigenvalue weighted by molar-refractivity contribution is 7.91. The second-order valence-corrected chi connectivity index (χ2v) is 10.1. The molecule has 2 aromatic carbocycles. The molecule has 4 nitrogen and oxygen atoms in total. The highest BCUT2D eigenvalue weighted by Gasteiger charge is 2.28. The summed E-state index contributed by atoms with van der Waals surface area (Å²) < 4.78 is 26.9. The minimum Gasteiger partial charge on any atom is -0.370 e. The Kier molecular flexibility index (Phi) is 5.25. The van der Waals surface area contributed by atoms with Gasteiger partial charge in [-0.15, -0.1) is 0 Å². The van der Waals surface area contributed by atoms with Gasteiger partial charge in [-0.3, -0.25) is 4.98 Å². The van der Waals surface area contributed by atoms with Crippen LogP contribution in [0.2, 0.25) is 10.0 Å². The first-order chi connectivity index (χ1) is 13.4. The van der Waals surface area contributed by atoms with Crippen molar-refractivity contribution in [2.45, 2.75) is 29.6 Å². The molecule has 0 unspecified atom stereocenters. The minimum absolute atomic E-state index is 0.207. The van der Waals surface area contributed by atoms with Gasteiger partial charge in [-0.2, -0.15) is 0 Å². The minimum atomic E-state index is -3.75. The van der Waals surface area contributed by atoms with Crippen molar-refractivity contribution in [1.82, 2.24) is 4.98 Å². The first kappa shape index (κ1) is 19.5. The number of pyridine rings is 1. The number of fused-ring (bicyclic) bond motifs is 1. The van der Waals surface area contributed by atoms with Crippen molar-refractivity contribution in [2.75, 3.05) is 18.0 Å². The van der Waals surface area contributed by atoms with Gasteiger partial charge in [0.2, 0.25) is 9.84 Å². The van der Waals surface area contributed by atoms with E-state index in [1.54, 1.807) is 24.3 Å². The Hall–Kier alpha value is -1.82. The predicted molar refractivity (Wildman–Crippen MR) is 114 cm³/mol. The number of sulfone groups is 1. The number of hydrogen-bond donors (Lipinski definition) is 0. The standard InChI is InChI=1S/C21H20Cl2N2O2S/c1-14-8-10-25(11-9-14)21-18-7-4-16(23)12-19(18)24-13-20(21)28(26,27)17-5-2-15(22)3-6-17/h2-7,12-14H,8-11H2,1H3. The number of nitrogens with zero attached hydrogens (tertiary/aromatic N) is 2. The molecule has 0 bridgehead atoms. The fraction of sp³-hybridized carbons (Fsp3) is 0.286. The molecule has 2 heterocycles. The van der Waals surface area contributed by atoms with Gasteiger partial charge in [0.25, 0.3) is 0 Å². The van der Waals surface area contributed by atoms with Crippen LogP contribution >= 0.6 is 23.2 Å². The molecule has 1 aliphatic rings. The number of rotatable bonds is 3. The number of hydrogen-bond acceptors (Lipinski definition) is 4. The summed E-state index contributed by atoms with van der Waals surface area (Å²) >= 11 is 12.1. The maximum atomic E-state index is 13.4. The zero-order chi connectivity index (χ0) is 19.9. The van der Waals surface area contributed by atoms with E-state index in [0.717, 1.165) is 31.3 Å². The smallest absolute Gasteiger partial charge is 0.210 e. The van der Waals surface area contributed by atoms with Crippen LogP contribution in [0.15, 0.2) is 58.5 Å². The summed E-state index contributed by atoms with van der Waals surface area (Å²) in [5.74, 6) is 0.634. The summed E-state index contributed by atoms with van der Waals surface area (Å²) in [5, 5.41) is 1.87. The molecule has 0 amide bonds. The fourth-order valence-electron chi connectivity index (χ4n) is 3.63. The largest absolute Gasteiger partial charge is 0.370 e. The van der Waals surface area contributed by atoms with Crippen molar-refractivity contribution in [3.63, 3.8) is 0 Å². The molecule has 0 N–H and O–H groups in total. The fourth-order valence-corrected chi connectivity index (χ4v) is 5.36. The first-order valence-corrected chi connectivity index (χ1v) is 11.4. The summed E-state index contributed by atoms with van der Waals surface area (Å²) in [7, 11) is -3.75. The molecule has 28 heavy (non-hydrogen) atoms. The maximum absolute atomic E-state index is 13.4. The van der Waals surface area contributed by atoms with Crippen molar-refractivity contribution in [3.8, 4) is 0 Å². The second-order valence-electron chi connectivity index (χ2n) is 7.26. The van der Waals surface area contributed by atoms with Crippen molar-refractivity contribution in [3.05, 3.63) is 58.7 Å². The average Bonchev–Trinajstić information content (AvgIpc) is 2.68. The number of benzene rings is 2. The molecule has 0 radical (unpaired) electrons. The number of halogens is 2. The van der Waals surface area contributed by atoms with E-state index < -0.39 is 9.84 Å². The molecule has 146 valence electrons. The molecule has 7 heteroatoms. The molecule has 1 aliphatic heterocycles. The van der Waals surface area contributed by atoms with Crippen molar-refractivity contribution in [2.24, 2.45) is 5.92 Å². The van der Waals surface area contributed by atoms with Crippen LogP contribution in [0.5, 0.6) is 0 Å². The lowest BCUT2D eigenvalue weighted by molar-refractivity contribution is 0.437. The Bertz CT molecular complexity index is 1120. The van der Waals surface area contributed by atoms with Crippen molar-refractivity contribution in [1.29, 1.82) is 0 Å². The highest BCUT2D eigenvalue weighted by Crippen LogP contribution is 2.38. The molecule has 4 rings (SSSR count). The average molecular weight is 435 g/mol. The van der Waals surface area contributed by atoms with E-state index in [9.17, 15) is 8.42 Å². The monoisotopic (exact) mass is 434 g/mol. The molecule has 1 saturated heterocycles. The van der Waals surface area contributed by atoms with E-state index in [1.165, 1.54) is 18.3 Å². The van der Waals surface area contributed by atoms with E-state index >= 15 is 0 Å². The molecule has 0 spiro atoms. The molecular weight excluding hydrogens is 415 g/mol. The Morgan fingerprint density at radius 3 is 2.32 bits per heavy atom. The van der Waals surface area contributed by atoms with Gasteiger partial charge < -0.3 is 4.90 Å². The summed E-state index contributed by atoms with van der Waals surface area (Å²) in [6.45, 7) is 3.85. The molecule has 0 saturated carbocycles. The Labute approximate surface area is 175 Å². The number of piperidine rings is 1. The van der Waals surface area contributed by atoms with Gasteiger partial charge in [0.1, 0.15) is 4.90 Å². The summed E-state index contributed by atoms with van der Waals surface area (Å²) in [6.07, 6.45) is 3.51. The zero-order valence-corrected chi connectivity index (χ0v) is 17.7. The van der Waals surface area contributed by atoms with Crippen LogP contribution in [-0.2, 0) is 9.84 Å². The van der Waals surface area contributed by atoms with Gasteiger partial charge in [-0.25, -0.2) is 8.42 Å². The summed E-state index contributed by atoms with van der Waals surface area (Å²) in [6, 6.07) is 11.7. The normalized spacial score (nSPS) is 15.9. The quantitative estimate of drug-likeness (QED) is 0.537. The van der Waals surface area contributed by atoms with E-state index in [-0.39, 0.29) is 9.79 Å². The van der Waals surface area contributed by atoms with E-state index in [2.05, 4.69) is 16.8 Å². The number of aromatic nitrogens is 1. The van der Waals surface area contributed by atoms with Crippen molar-refractivity contribution < 1.29 is 8.42 Å². The van der Waals surface area contributed by atoms with Gasteiger partial charge in [0, 0.05) is 34.7 Å². The SMILES string of the molecule is CC1CCN(c2c(S(=O)(=O)c3ccc(Cl)cc3)cnc3cc(Cl)ccc23)CC1. The number of anilines is 1. The van der Waals surface area contributed by atoms with Crippen LogP contribution in [0.1, 0.15) is 19.8 Å². The van der Waals surface area contributed by atoms with Gasteiger partial charge in [-0.05, 0) is 61.2 Å². The summed E-state index contributed by atoms with van der Waals surface area (Å²) in [4.78, 5) is 7.00. The molecule has 0 atom stereocenters. The van der Waals surface area contributed by atoms with Crippen LogP contribution in [0.25, 0.3) is 10.9 Å². The van der Waals surface area contributed by atoms with E-state index in [0.29, 0.717) is 27.2 Å². The molecule has 1 aromatic heterocycles. The van der Waals surface area contributed by atoms with Gasteiger partial charge >= 0.3 is 0 Å². The van der Waals surface area contributed by atoms with E-state index in [1.807, 2.05) is 6.07 Å². The third-order valence-electron chi connectivity index (χ3n) is 5.28. The lowest BCUT2D eigenvalue weighted by Crippen LogP contribution is -2.34. The van der Waals surface area contributed by atoms with Crippen LogP contribution in [-0.4, -0.2) is 26.5 Å². The van der Waals surface area contributed by atoms with Gasteiger partial charge in [0.15, 0.2) is 0 Å². The van der Waals surface area contributed by atoms with Gasteiger partial charge in [0.05, 0.1) is 16.1 Å². The second kappa shape index (κ2) is 7.54. The highest BCUT2D eigenvalue weighted by atomic mass is 35.5. The van der Waals surface area contributed by atoms with Crippen LogP contribution in [0, 0.1) is 5.92 Å². The third-order valence-corrected chi connectivity index (χ3v) is 7.54. The van der Waals surface area contributed by atoms with Crippen LogP contribution in [0.3, 0.4) is 0 Å². The zero-order valence-electron chi connectivity index (χ0n) is 15.4. The Morgan fingerprint density at radius 1 is 1.00 bits per heavy atom. The lowest BCUT2D eigenvalue weighted by atomic mass is 9.98. The molecule has 0 aliphatic carbocycles. The maximum Gasteiger partial charge on any atom is 0.210 e. The predicted octanol–water partition coefficient (Wildman–Crippen LogP) is 5.61. The summed E-state index contributed by atoms with van der Waals surface area (Å²) in [5.41, 5.74) is 1.40. The van der Waals surface area contributed by atoms with Gasteiger partial charge in [-0.1, -0.05) is 30.1 Å². The molecule has 3 aromatic rings.